The second kappa shape index (κ2) is 6.73. The summed E-state index contributed by atoms with van der Waals surface area (Å²) in [7, 11) is 0. The highest BCUT2D eigenvalue weighted by atomic mass is 35.5. The van der Waals surface area contributed by atoms with E-state index in [1.54, 1.807) is 0 Å². The lowest BCUT2D eigenvalue weighted by molar-refractivity contribution is 0.533. The number of halogens is 1. The number of hydrogen-bond acceptors (Lipinski definition) is 2. The minimum atomic E-state index is 0.652. The lowest BCUT2D eigenvalue weighted by Gasteiger charge is -2.10. The SMILES string of the molecule is CC(C)CNCc1nccn1Cc1ccc(Cl)cc1. The first-order valence-corrected chi connectivity index (χ1v) is 6.98. The molecule has 1 heterocycles. The Morgan fingerprint density at radius 1 is 1.26 bits per heavy atom. The molecule has 0 fully saturated rings. The van der Waals surface area contributed by atoms with E-state index in [1.807, 2.05) is 36.7 Å². The van der Waals surface area contributed by atoms with Gasteiger partial charge in [-0.15, -0.1) is 0 Å². The number of nitrogens with one attached hydrogen (secondary N) is 1. The molecule has 1 N–H and O–H groups in total. The van der Waals surface area contributed by atoms with E-state index >= 15 is 0 Å². The summed E-state index contributed by atoms with van der Waals surface area (Å²) in [5.41, 5.74) is 1.23. The molecule has 0 bridgehead atoms. The normalized spacial score (nSPS) is 11.2. The van der Waals surface area contributed by atoms with Crippen molar-refractivity contribution < 1.29 is 0 Å². The van der Waals surface area contributed by atoms with Gasteiger partial charge in [0.25, 0.3) is 0 Å². The Kier molecular flexibility index (Phi) is 5.00. The summed E-state index contributed by atoms with van der Waals surface area (Å²) < 4.78 is 2.16. The third kappa shape index (κ3) is 4.37. The van der Waals surface area contributed by atoms with Crippen molar-refractivity contribution in [2.24, 2.45) is 5.92 Å². The zero-order valence-electron chi connectivity index (χ0n) is 11.4. The van der Waals surface area contributed by atoms with Crippen LogP contribution in [0.25, 0.3) is 0 Å². The molecule has 4 heteroatoms. The summed E-state index contributed by atoms with van der Waals surface area (Å²) in [5.74, 6) is 1.72. The Labute approximate surface area is 119 Å². The minimum Gasteiger partial charge on any atom is -0.329 e. The van der Waals surface area contributed by atoms with Crippen LogP contribution in [0.5, 0.6) is 0 Å². The topological polar surface area (TPSA) is 29.9 Å². The van der Waals surface area contributed by atoms with Crippen molar-refractivity contribution in [3.8, 4) is 0 Å². The highest BCUT2D eigenvalue weighted by Gasteiger charge is 2.04. The Balaban J connectivity index is 1.97. The maximum absolute atomic E-state index is 5.89. The maximum Gasteiger partial charge on any atom is 0.122 e. The van der Waals surface area contributed by atoms with E-state index in [0.29, 0.717) is 5.92 Å². The quantitative estimate of drug-likeness (QED) is 0.878. The van der Waals surface area contributed by atoms with E-state index in [2.05, 4.69) is 28.7 Å². The van der Waals surface area contributed by atoms with E-state index in [9.17, 15) is 0 Å². The smallest absolute Gasteiger partial charge is 0.122 e. The lowest BCUT2D eigenvalue weighted by atomic mass is 10.2. The summed E-state index contributed by atoms with van der Waals surface area (Å²) in [6.45, 7) is 7.04. The van der Waals surface area contributed by atoms with Crippen molar-refractivity contribution in [2.75, 3.05) is 6.54 Å². The molecule has 0 saturated heterocycles. The first-order valence-electron chi connectivity index (χ1n) is 6.60. The van der Waals surface area contributed by atoms with Crippen molar-refractivity contribution in [3.05, 3.63) is 53.1 Å². The number of nitrogens with zero attached hydrogens (tertiary/aromatic N) is 2. The van der Waals surface area contributed by atoms with Crippen LogP contribution in [0.4, 0.5) is 0 Å². The molecule has 0 atom stereocenters. The van der Waals surface area contributed by atoms with Crippen LogP contribution >= 0.6 is 11.6 Å². The molecule has 0 spiro atoms. The van der Waals surface area contributed by atoms with E-state index < -0.39 is 0 Å². The average Bonchev–Trinajstić information content (AvgIpc) is 2.79. The second-order valence-corrected chi connectivity index (χ2v) is 5.56. The van der Waals surface area contributed by atoms with Crippen LogP contribution in [0.1, 0.15) is 25.2 Å². The van der Waals surface area contributed by atoms with Crippen LogP contribution < -0.4 is 5.32 Å². The van der Waals surface area contributed by atoms with Crippen LogP contribution in [0.15, 0.2) is 36.7 Å². The molecule has 102 valence electrons. The van der Waals surface area contributed by atoms with Crippen LogP contribution in [0.2, 0.25) is 5.02 Å². The molecule has 2 rings (SSSR count). The Morgan fingerprint density at radius 3 is 2.68 bits per heavy atom. The average molecular weight is 278 g/mol. The van der Waals surface area contributed by atoms with Crippen LogP contribution in [-0.2, 0) is 13.1 Å². The van der Waals surface area contributed by atoms with Gasteiger partial charge in [-0.1, -0.05) is 37.6 Å². The molecule has 2 aromatic rings. The molecule has 0 aliphatic heterocycles. The van der Waals surface area contributed by atoms with Crippen molar-refractivity contribution >= 4 is 11.6 Å². The van der Waals surface area contributed by atoms with Crippen molar-refractivity contribution in [2.45, 2.75) is 26.9 Å². The van der Waals surface area contributed by atoms with Gasteiger partial charge in [-0.3, -0.25) is 0 Å². The monoisotopic (exact) mass is 277 g/mol. The van der Waals surface area contributed by atoms with Gasteiger partial charge in [0.1, 0.15) is 5.82 Å². The van der Waals surface area contributed by atoms with Gasteiger partial charge in [-0.05, 0) is 30.2 Å². The predicted octanol–water partition coefficient (Wildman–Crippen LogP) is 3.33. The lowest BCUT2D eigenvalue weighted by Crippen LogP contribution is -2.21. The highest BCUT2D eigenvalue weighted by molar-refractivity contribution is 6.30. The fourth-order valence-corrected chi connectivity index (χ4v) is 2.04. The standard InChI is InChI=1S/C15H20ClN3/c1-12(2)9-17-10-15-18-7-8-19(15)11-13-3-5-14(16)6-4-13/h3-8,12,17H,9-11H2,1-2H3. The van der Waals surface area contributed by atoms with Gasteiger partial charge in [-0.2, -0.15) is 0 Å². The zero-order chi connectivity index (χ0) is 13.7. The van der Waals surface area contributed by atoms with Gasteiger partial charge in [-0.25, -0.2) is 4.98 Å². The molecule has 3 nitrogen and oxygen atoms in total. The molecule has 0 aliphatic rings. The highest BCUT2D eigenvalue weighted by Crippen LogP contribution is 2.11. The van der Waals surface area contributed by atoms with E-state index in [-0.39, 0.29) is 0 Å². The molecule has 19 heavy (non-hydrogen) atoms. The van der Waals surface area contributed by atoms with Crippen LogP contribution in [0.3, 0.4) is 0 Å². The molecule has 1 aromatic carbocycles. The predicted molar refractivity (Wildman–Crippen MR) is 79.3 cm³/mol. The fourth-order valence-electron chi connectivity index (χ4n) is 1.91. The first-order chi connectivity index (χ1) is 9.15. The summed E-state index contributed by atoms with van der Waals surface area (Å²) in [4.78, 5) is 4.40. The van der Waals surface area contributed by atoms with Gasteiger partial charge in [0.2, 0.25) is 0 Å². The fraction of sp³-hybridized carbons (Fsp3) is 0.400. The third-order valence-corrected chi connectivity index (χ3v) is 3.16. The Hall–Kier alpha value is -1.32. The Morgan fingerprint density at radius 2 is 2.00 bits per heavy atom. The number of benzene rings is 1. The summed E-state index contributed by atoms with van der Waals surface area (Å²) in [6, 6.07) is 7.94. The Bertz CT molecular complexity index is 502. The van der Waals surface area contributed by atoms with Gasteiger partial charge < -0.3 is 9.88 Å². The number of hydrogen-bond donors (Lipinski definition) is 1. The van der Waals surface area contributed by atoms with Crippen molar-refractivity contribution in [3.63, 3.8) is 0 Å². The van der Waals surface area contributed by atoms with Crippen molar-refractivity contribution in [1.82, 2.24) is 14.9 Å². The van der Waals surface area contributed by atoms with E-state index in [0.717, 1.165) is 30.5 Å². The largest absolute Gasteiger partial charge is 0.329 e. The molecular weight excluding hydrogens is 258 g/mol. The van der Waals surface area contributed by atoms with E-state index in [1.165, 1.54) is 5.56 Å². The van der Waals surface area contributed by atoms with Gasteiger partial charge in [0.05, 0.1) is 6.54 Å². The molecule has 0 unspecified atom stereocenters. The first kappa shape index (κ1) is 14.1. The second-order valence-electron chi connectivity index (χ2n) is 5.12. The molecule has 0 radical (unpaired) electrons. The number of aromatic nitrogens is 2. The third-order valence-electron chi connectivity index (χ3n) is 2.90. The summed E-state index contributed by atoms with van der Waals surface area (Å²) in [5, 5.41) is 4.19. The minimum absolute atomic E-state index is 0.652. The molecular formula is C15H20ClN3. The summed E-state index contributed by atoms with van der Waals surface area (Å²) >= 11 is 5.89. The molecule has 0 saturated carbocycles. The number of rotatable bonds is 6. The van der Waals surface area contributed by atoms with Gasteiger partial charge in [0, 0.05) is 24.0 Å². The zero-order valence-corrected chi connectivity index (χ0v) is 12.2. The summed E-state index contributed by atoms with van der Waals surface area (Å²) in [6.07, 6.45) is 3.86. The van der Waals surface area contributed by atoms with Crippen LogP contribution in [0, 0.1) is 5.92 Å². The molecule has 0 aliphatic carbocycles. The van der Waals surface area contributed by atoms with Gasteiger partial charge >= 0.3 is 0 Å². The maximum atomic E-state index is 5.89. The molecule has 0 amide bonds. The number of imidazole rings is 1. The van der Waals surface area contributed by atoms with Crippen molar-refractivity contribution in [1.29, 1.82) is 0 Å². The van der Waals surface area contributed by atoms with Crippen LogP contribution in [-0.4, -0.2) is 16.1 Å². The molecule has 1 aromatic heterocycles. The van der Waals surface area contributed by atoms with E-state index in [4.69, 9.17) is 11.6 Å². The van der Waals surface area contributed by atoms with Gasteiger partial charge in [0.15, 0.2) is 0 Å².